The lowest BCUT2D eigenvalue weighted by Gasteiger charge is -2.10. The molecule has 2 aromatic carbocycles. The van der Waals surface area contributed by atoms with E-state index in [1.165, 1.54) is 17.8 Å². The van der Waals surface area contributed by atoms with Crippen LogP contribution in [0.25, 0.3) is 0 Å². The van der Waals surface area contributed by atoms with Gasteiger partial charge in [-0.2, -0.15) is 0 Å². The van der Waals surface area contributed by atoms with Crippen molar-refractivity contribution in [3.8, 4) is 0 Å². The summed E-state index contributed by atoms with van der Waals surface area (Å²) in [5.74, 6) is -0.564. The SMILES string of the molecule is NC(=O)c1cc(N)cc(Cl)c1Sc1ccc(Cl)cc1. The van der Waals surface area contributed by atoms with Gasteiger partial charge in [-0.25, -0.2) is 0 Å². The molecule has 0 aliphatic carbocycles. The summed E-state index contributed by atoms with van der Waals surface area (Å²) < 4.78 is 0. The van der Waals surface area contributed by atoms with Crippen LogP contribution in [-0.4, -0.2) is 5.91 Å². The average molecular weight is 313 g/mol. The summed E-state index contributed by atoms with van der Waals surface area (Å²) in [5, 5.41) is 1.04. The molecule has 0 fully saturated rings. The highest BCUT2D eigenvalue weighted by molar-refractivity contribution is 7.99. The zero-order valence-electron chi connectivity index (χ0n) is 9.69. The Bertz CT molecular complexity index is 629. The van der Waals surface area contributed by atoms with Crippen molar-refractivity contribution in [2.24, 2.45) is 5.73 Å². The smallest absolute Gasteiger partial charge is 0.249 e. The number of nitrogen functional groups attached to an aromatic ring is 1. The Morgan fingerprint density at radius 3 is 2.32 bits per heavy atom. The number of primary amides is 1. The molecule has 0 saturated carbocycles. The van der Waals surface area contributed by atoms with Crippen LogP contribution in [0.5, 0.6) is 0 Å². The molecule has 0 aliphatic rings. The third-order valence-electron chi connectivity index (χ3n) is 2.36. The van der Waals surface area contributed by atoms with Crippen LogP contribution in [0.15, 0.2) is 46.2 Å². The molecule has 0 heterocycles. The number of halogens is 2. The minimum absolute atomic E-state index is 0.310. The molecule has 0 saturated heterocycles. The summed E-state index contributed by atoms with van der Waals surface area (Å²) in [4.78, 5) is 12.9. The first kappa shape index (κ1) is 14.1. The van der Waals surface area contributed by atoms with Crippen molar-refractivity contribution < 1.29 is 4.79 Å². The van der Waals surface area contributed by atoms with Crippen molar-refractivity contribution in [2.75, 3.05) is 5.73 Å². The van der Waals surface area contributed by atoms with E-state index in [0.29, 0.717) is 26.2 Å². The molecule has 6 heteroatoms. The van der Waals surface area contributed by atoms with Gasteiger partial charge in [-0.3, -0.25) is 4.79 Å². The van der Waals surface area contributed by atoms with E-state index in [-0.39, 0.29) is 0 Å². The van der Waals surface area contributed by atoms with Crippen LogP contribution < -0.4 is 11.5 Å². The number of anilines is 1. The van der Waals surface area contributed by atoms with Gasteiger partial charge in [0, 0.05) is 20.5 Å². The van der Waals surface area contributed by atoms with E-state index in [9.17, 15) is 4.79 Å². The Morgan fingerprint density at radius 2 is 1.74 bits per heavy atom. The minimum Gasteiger partial charge on any atom is -0.399 e. The number of amides is 1. The molecule has 4 N–H and O–H groups in total. The number of hydrogen-bond acceptors (Lipinski definition) is 3. The number of benzene rings is 2. The predicted molar refractivity (Wildman–Crippen MR) is 80.0 cm³/mol. The van der Waals surface area contributed by atoms with Gasteiger partial charge < -0.3 is 11.5 Å². The maximum atomic E-state index is 11.4. The van der Waals surface area contributed by atoms with Gasteiger partial charge in [-0.05, 0) is 36.4 Å². The molecular weight excluding hydrogens is 303 g/mol. The van der Waals surface area contributed by atoms with E-state index in [4.69, 9.17) is 34.7 Å². The Morgan fingerprint density at radius 1 is 1.11 bits per heavy atom. The fourth-order valence-electron chi connectivity index (χ4n) is 1.52. The van der Waals surface area contributed by atoms with Gasteiger partial charge in [-0.1, -0.05) is 35.0 Å². The van der Waals surface area contributed by atoms with Crippen LogP contribution in [0.4, 0.5) is 5.69 Å². The Labute approximate surface area is 124 Å². The standard InChI is InChI=1S/C13H10Cl2N2OS/c14-7-1-3-9(4-2-7)19-12-10(13(17)18)5-8(16)6-11(12)15/h1-6H,16H2,(H2,17,18). The average Bonchev–Trinajstić information content (AvgIpc) is 2.34. The van der Waals surface area contributed by atoms with Crippen LogP contribution in [0.3, 0.4) is 0 Å². The van der Waals surface area contributed by atoms with Gasteiger partial charge in [0.05, 0.1) is 10.6 Å². The highest BCUT2D eigenvalue weighted by atomic mass is 35.5. The Kier molecular flexibility index (Phi) is 4.24. The van der Waals surface area contributed by atoms with Crippen LogP contribution in [-0.2, 0) is 0 Å². The second kappa shape index (κ2) is 5.74. The number of hydrogen-bond donors (Lipinski definition) is 2. The monoisotopic (exact) mass is 312 g/mol. The summed E-state index contributed by atoms with van der Waals surface area (Å²) in [7, 11) is 0. The first-order chi connectivity index (χ1) is 8.97. The quantitative estimate of drug-likeness (QED) is 0.846. The van der Waals surface area contributed by atoms with E-state index in [1.807, 2.05) is 12.1 Å². The maximum Gasteiger partial charge on any atom is 0.249 e. The molecule has 0 bridgehead atoms. The van der Waals surface area contributed by atoms with E-state index in [0.717, 1.165) is 4.90 Å². The second-order valence-electron chi connectivity index (χ2n) is 3.80. The molecule has 0 radical (unpaired) electrons. The van der Waals surface area contributed by atoms with Crippen LogP contribution in [0.2, 0.25) is 10.0 Å². The molecule has 19 heavy (non-hydrogen) atoms. The summed E-state index contributed by atoms with van der Waals surface area (Å²) >= 11 is 13.3. The van der Waals surface area contributed by atoms with Crippen molar-refractivity contribution >= 4 is 46.6 Å². The van der Waals surface area contributed by atoms with E-state index < -0.39 is 5.91 Å². The number of rotatable bonds is 3. The molecule has 0 aliphatic heterocycles. The molecule has 2 aromatic rings. The lowest BCUT2D eigenvalue weighted by Crippen LogP contribution is -2.13. The summed E-state index contributed by atoms with van der Waals surface area (Å²) in [5.41, 5.74) is 11.7. The minimum atomic E-state index is -0.564. The predicted octanol–water partition coefficient (Wildman–Crippen LogP) is 3.83. The van der Waals surface area contributed by atoms with E-state index in [2.05, 4.69) is 0 Å². The summed E-state index contributed by atoms with van der Waals surface area (Å²) in [6.45, 7) is 0. The van der Waals surface area contributed by atoms with E-state index >= 15 is 0 Å². The van der Waals surface area contributed by atoms with Crippen LogP contribution in [0.1, 0.15) is 10.4 Å². The van der Waals surface area contributed by atoms with Gasteiger partial charge in [0.1, 0.15) is 0 Å². The van der Waals surface area contributed by atoms with Crippen molar-refractivity contribution in [1.82, 2.24) is 0 Å². The third-order valence-corrected chi connectivity index (χ3v) is 4.18. The molecule has 0 spiro atoms. The zero-order valence-corrected chi connectivity index (χ0v) is 12.0. The van der Waals surface area contributed by atoms with E-state index in [1.54, 1.807) is 18.2 Å². The maximum absolute atomic E-state index is 11.4. The second-order valence-corrected chi connectivity index (χ2v) is 5.73. The van der Waals surface area contributed by atoms with Gasteiger partial charge in [0.25, 0.3) is 0 Å². The first-order valence-corrected chi connectivity index (χ1v) is 6.87. The van der Waals surface area contributed by atoms with Crippen molar-refractivity contribution in [3.63, 3.8) is 0 Å². The van der Waals surface area contributed by atoms with Crippen molar-refractivity contribution in [2.45, 2.75) is 9.79 Å². The van der Waals surface area contributed by atoms with Crippen molar-refractivity contribution in [1.29, 1.82) is 0 Å². The molecule has 1 amide bonds. The first-order valence-electron chi connectivity index (χ1n) is 5.29. The highest BCUT2D eigenvalue weighted by Gasteiger charge is 2.14. The van der Waals surface area contributed by atoms with Gasteiger partial charge in [0.2, 0.25) is 5.91 Å². The van der Waals surface area contributed by atoms with Crippen LogP contribution >= 0.6 is 35.0 Å². The normalized spacial score (nSPS) is 10.4. The topological polar surface area (TPSA) is 69.1 Å². The third kappa shape index (κ3) is 3.35. The lowest BCUT2D eigenvalue weighted by atomic mass is 10.2. The Balaban J connectivity index is 2.44. The molecule has 2 rings (SSSR count). The molecule has 3 nitrogen and oxygen atoms in total. The number of nitrogens with two attached hydrogens (primary N) is 2. The molecule has 0 aromatic heterocycles. The van der Waals surface area contributed by atoms with Crippen molar-refractivity contribution in [3.05, 3.63) is 52.0 Å². The fourth-order valence-corrected chi connectivity index (χ4v) is 2.92. The van der Waals surface area contributed by atoms with Crippen LogP contribution in [0, 0.1) is 0 Å². The molecule has 0 atom stereocenters. The summed E-state index contributed by atoms with van der Waals surface area (Å²) in [6, 6.07) is 10.3. The largest absolute Gasteiger partial charge is 0.399 e. The number of carbonyl (C=O) groups excluding carboxylic acids is 1. The van der Waals surface area contributed by atoms with Gasteiger partial charge in [0.15, 0.2) is 0 Å². The summed E-state index contributed by atoms with van der Waals surface area (Å²) in [6.07, 6.45) is 0. The zero-order chi connectivity index (χ0) is 14.0. The highest BCUT2D eigenvalue weighted by Crippen LogP contribution is 2.37. The number of carbonyl (C=O) groups is 1. The molecule has 0 unspecified atom stereocenters. The van der Waals surface area contributed by atoms with Gasteiger partial charge in [-0.15, -0.1) is 0 Å². The molecule has 98 valence electrons. The lowest BCUT2D eigenvalue weighted by molar-refractivity contribution is 0.0997. The fraction of sp³-hybridized carbons (Fsp3) is 0. The Hall–Kier alpha value is -1.36. The van der Waals surface area contributed by atoms with Gasteiger partial charge >= 0.3 is 0 Å². The molecular formula is C13H10Cl2N2OS.